The summed E-state index contributed by atoms with van der Waals surface area (Å²) in [5.74, 6) is 7.04. The summed E-state index contributed by atoms with van der Waals surface area (Å²) in [6, 6.07) is -0.372. The van der Waals surface area contributed by atoms with Gasteiger partial charge in [-0.2, -0.15) is 0 Å². The van der Waals surface area contributed by atoms with Crippen molar-refractivity contribution in [2.24, 2.45) is 5.84 Å². The number of carbonyl (C=O) groups excluding carboxylic acids is 1. The van der Waals surface area contributed by atoms with Crippen LogP contribution in [0.1, 0.15) is 25.2 Å². The molecule has 7 nitrogen and oxygen atoms in total. The van der Waals surface area contributed by atoms with Gasteiger partial charge >= 0.3 is 0 Å². The molecule has 0 radical (unpaired) electrons. The molecule has 1 heterocycles. The Morgan fingerprint density at radius 1 is 1.33 bits per heavy atom. The van der Waals surface area contributed by atoms with Crippen LogP contribution in [0.2, 0.25) is 0 Å². The van der Waals surface area contributed by atoms with Gasteiger partial charge in [-0.25, -0.2) is 15.8 Å². The van der Waals surface area contributed by atoms with Gasteiger partial charge in [0.15, 0.2) is 0 Å². The van der Waals surface area contributed by atoms with Gasteiger partial charge in [-0.05, 0) is 27.7 Å². The van der Waals surface area contributed by atoms with E-state index in [1.165, 1.54) is 0 Å². The summed E-state index contributed by atoms with van der Waals surface area (Å²) in [4.78, 5) is 20.1. The van der Waals surface area contributed by atoms with Crippen LogP contribution in [0, 0.1) is 13.8 Å². The molecule has 1 amide bonds. The van der Waals surface area contributed by atoms with Crippen LogP contribution < -0.4 is 21.9 Å². The molecule has 0 aromatic carbocycles. The minimum atomic E-state index is -0.372. The highest BCUT2D eigenvalue weighted by Crippen LogP contribution is 2.19. The number of nitrogens with two attached hydrogens (primary N) is 1. The molecule has 1 atom stereocenters. The molecule has 7 heteroatoms. The minimum Gasteiger partial charge on any atom is -0.358 e. The Balaban J connectivity index is 2.90. The van der Waals surface area contributed by atoms with Gasteiger partial charge in [0, 0.05) is 12.1 Å². The fourth-order valence-corrected chi connectivity index (χ4v) is 1.51. The standard InChI is InChI=1S/C11H20N6O/c1-5-13-11(18)7(3)14-9-6(2)10(17-12)16-8(4)15-9/h7H,5,12H2,1-4H3,(H,13,18)(H2,14,15,16,17). The van der Waals surface area contributed by atoms with E-state index in [2.05, 4.69) is 26.0 Å². The Morgan fingerprint density at radius 3 is 2.50 bits per heavy atom. The van der Waals surface area contributed by atoms with Crippen molar-refractivity contribution in [2.75, 3.05) is 17.3 Å². The van der Waals surface area contributed by atoms with Crippen molar-refractivity contribution < 1.29 is 4.79 Å². The number of nitrogen functional groups attached to an aromatic ring is 1. The van der Waals surface area contributed by atoms with Gasteiger partial charge in [0.2, 0.25) is 5.91 Å². The summed E-state index contributed by atoms with van der Waals surface area (Å²) in [6.07, 6.45) is 0. The molecule has 0 spiro atoms. The molecular weight excluding hydrogens is 232 g/mol. The van der Waals surface area contributed by atoms with Gasteiger partial charge in [0.05, 0.1) is 0 Å². The molecule has 0 bridgehead atoms. The average molecular weight is 252 g/mol. The van der Waals surface area contributed by atoms with Gasteiger partial charge in [-0.1, -0.05) is 0 Å². The van der Waals surface area contributed by atoms with E-state index in [1.807, 2.05) is 13.8 Å². The Kier molecular flexibility index (Phi) is 4.85. The third-order valence-electron chi connectivity index (χ3n) is 2.49. The zero-order valence-electron chi connectivity index (χ0n) is 11.2. The third-order valence-corrected chi connectivity index (χ3v) is 2.49. The molecule has 18 heavy (non-hydrogen) atoms. The zero-order chi connectivity index (χ0) is 13.7. The van der Waals surface area contributed by atoms with Gasteiger partial charge in [-0.3, -0.25) is 4.79 Å². The topological polar surface area (TPSA) is 105 Å². The molecule has 0 aliphatic rings. The lowest BCUT2D eigenvalue weighted by molar-refractivity contribution is -0.121. The predicted octanol–water partition coefficient (Wildman–Crippen LogP) is 0.316. The summed E-state index contributed by atoms with van der Waals surface area (Å²) in [5, 5.41) is 5.79. The number of aromatic nitrogens is 2. The van der Waals surface area contributed by atoms with E-state index in [4.69, 9.17) is 5.84 Å². The summed E-state index contributed by atoms with van der Waals surface area (Å²) in [6.45, 7) is 7.85. The van der Waals surface area contributed by atoms with Crippen LogP contribution in [0.4, 0.5) is 11.6 Å². The summed E-state index contributed by atoms with van der Waals surface area (Å²) < 4.78 is 0. The number of aryl methyl sites for hydroxylation is 1. The second kappa shape index (κ2) is 6.15. The summed E-state index contributed by atoms with van der Waals surface area (Å²) in [5.41, 5.74) is 3.29. The van der Waals surface area contributed by atoms with E-state index < -0.39 is 0 Å². The number of carbonyl (C=O) groups is 1. The first kappa shape index (κ1) is 14.2. The Morgan fingerprint density at radius 2 is 1.94 bits per heavy atom. The molecule has 0 saturated carbocycles. The molecular formula is C11H20N6O. The molecule has 1 aromatic rings. The van der Waals surface area contributed by atoms with Crippen molar-refractivity contribution in [2.45, 2.75) is 33.7 Å². The molecule has 1 aromatic heterocycles. The van der Waals surface area contributed by atoms with Gasteiger partial charge in [0.1, 0.15) is 23.5 Å². The monoisotopic (exact) mass is 252 g/mol. The molecule has 0 aliphatic carbocycles. The first-order chi connectivity index (χ1) is 8.49. The quantitative estimate of drug-likeness (QED) is 0.444. The third kappa shape index (κ3) is 3.30. The van der Waals surface area contributed by atoms with Crippen LogP contribution in [0.25, 0.3) is 0 Å². The lowest BCUT2D eigenvalue weighted by atomic mass is 10.2. The molecule has 5 N–H and O–H groups in total. The number of hydrogen-bond donors (Lipinski definition) is 4. The Hall–Kier alpha value is -1.89. The highest BCUT2D eigenvalue weighted by molar-refractivity contribution is 5.84. The zero-order valence-corrected chi connectivity index (χ0v) is 11.2. The number of hydrazine groups is 1. The molecule has 1 unspecified atom stereocenters. The fourth-order valence-electron chi connectivity index (χ4n) is 1.51. The van der Waals surface area contributed by atoms with Crippen LogP contribution in [0.5, 0.6) is 0 Å². The SMILES string of the molecule is CCNC(=O)C(C)Nc1nc(C)nc(NN)c1C. The Bertz CT molecular complexity index is 434. The number of hydrogen-bond acceptors (Lipinski definition) is 6. The number of nitrogens with one attached hydrogen (secondary N) is 3. The maximum atomic E-state index is 11.6. The van der Waals surface area contributed by atoms with Crippen LogP contribution in [0.15, 0.2) is 0 Å². The summed E-state index contributed by atoms with van der Waals surface area (Å²) >= 11 is 0. The maximum absolute atomic E-state index is 11.6. The summed E-state index contributed by atoms with van der Waals surface area (Å²) in [7, 11) is 0. The molecule has 1 rings (SSSR count). The first-order valence-electron chi connectivity index (χ1n) is 5.85. The number of rotatable bonds is 5. The van der Waals surface area contributed by atoms with Crippen LogP contribution in [-0.2, 0) is 4.79 Å². The number of likely N-dealkylation sites (N-methyl/N-ethyl adjacent to an activating group) is 1. The van der Waals surface area contributed by atoms with Crippen molar-refractivity contribution in [1.82, 2.24) is 15.3 Å². The fraction of sp³-hybridized carbons (Fsp3) is 0.545. The number of anilines is 2. The maximum Gasteiger partial charge on any atom is 0.242 e. The van der Waals surface area contributed by atoms with E-state index in [1.54, 1.807) is 13.8 Å². The van der Waals surface area contributed by atoms with E-state index in [-0.39, 0.29) is 11.9 Å². The van der Waals surface area contributed by atoms with E-state index in [0.29, 0.717) is 24.0 Å². The Labute approximate surface area is 107 Å². The minimum absolute atomic E-state index is 0.0737. The number of amides is 1. The van der Waals surface area contributed by atoms with Gasteiger partial charge in [0.25, 0.3) is 0 Å². The van der Waals surface area contributed by atoms with E-state index in [9.17, 15) is 4.79 Å². The molecule has 0 saturated heterocycles. The molecule has 0 aliphatic heterocycles. The number of nitrogens with zero attached hydrogens (tertiary/aromatic N) is 2. The second-order valence-electron chi connectivity index (χ2n) is 4.00. The van der Waals surface area contributed by atoms with Crippen LogP contribution in [-0.4, -0.2) is 28.5 Å². The predicted molar refractivity (Wildman–Crippen MR) is 71.1 cm³/mol. The lowest BCUT2D eigenvalue weighted by Gasteiger charge is -2.17. The first-order valence-corrected chi connectivity index (χ1v) is 5.85. The second-order valence-corrected chi connectivity index (χ2v) is 4.00. The van der Waals surface area contributed by atoms with Crippen molar-refractivity contribution >= 4 is 17.5 Å². The van der Waals surface area contributed by atoms with Crippen molar-refractivity contribution in [3.63, 3.8) is 0 Å². The van der Waals surface area contributed by atoms with Crippen molar-refractivity contribution in [3.8, 4) is 0 Å². The smallest absolute Gasteiger partial charge is 0.242 e. The van der Waals surface area contributed by atoms with Gasteiger partial charge in [-0.15, -0.1) is 0 Å². The highest BCUT2D eigenvalue weighted by atomic mass is 16.2. The normalized spacial score (nSPS) is 11.8. The van der Waals surface area contributed by atoms with Crippen LogP contribution >= 0.6 is 0 Å². The van der Waals surface area contributed by atoms with Crippen molar-refractivity contribution in [3.05, 3.63) is 11.4 Å². The lowest BCUT2D eigenvalue weighted by Crippen LogP contribution is -2.37. The van der Waals surface area contributed by atoms with Crippen LogP contribution in [0.3, 0.4) is 0 Å². The van der Waals surface area contributed by atoms with E-state index >= 15 is 0 Å². The molecule has 100 valence electrons. The molecule has 0 fully saturated rings. The van der Waals surface area contributed by atoms with E-state index in [0.717, 1.165) is 5.56 Å². The van der Waals surface area contributed by atoms with Crippen molar-refractivity contribution in [1.29, 1.82) is 0 Å². The highest BCUT2D eigenvalue weighted by Gasteiger charge is 2.15. The largest absolute Gasteiger partial charge is 0.358 e. The average Bonchev–Trinajstić information content (AvgIpc) is 2.33. The van der Waals surface area contributed by atoms with Gasteiger partial charge < -0.3 is 16.1 Å².